The van der Waals surface area contributed by atoms with Gasteiger partial charge in [-0.3, -0.25) is 0 Å². The number of benzene rings is 2. The van der Waals surface area contributed by atoms with Gasteiger partial charge in [0, 0.05) is 6.07 Å². The van der Waals surface area contributed by atoms with Crippen molar-refractivity contribution in [2.24, 2.45) is 0 Å². The van der Waals surface area contributed by atoms with Gasteiger partial charge in [0.05, 0.1) is 5.02 Å². The lowest BCUT2D eigenvalue weighted by molar-refractivity contribution is 0.171. The fourth-order valence-corrected chi connectivity index (χ4v) is 2.37. The van der Waals surface area contributed by atoms with Gasteiger partial charge in [-0.25, -0.2) is 8.78 Å². The number of hydrogen-bond donors (Lipinski definition) is 0. The van der Waals surface area contributed by atoms with Crippen LogP contribution in [0, 0.1) is 23.3 Å². The Hall–Kier alpha value is -2.15. The summed E-state index contributed by atoms with van der Waals surface area (Å²) in [6.45, 7) is 0.306. The van der Waals surface area contributed by atoms with Crippen molar-refractivity contribution in [1.82, 2.24) is 0 Å². The van der Waals surface area contributed by atoms with Crippen molar-refractivity contribution < 1.29 is 31.8 Å². The van der Waals surface area contributed by atoms with Crippen LogP contribution >= 0.6 is 11.6 Å². The maximum absolute atomic E-state index is 13.5. The van der Waals surface area contributed by atoms with E-state index in [1.54, 1.807) is 0 Å². The molecule has 1 aliphatic rings. The smallest absolute Gasteiger partial charge is 0.203 e. The van der Waals surface area contributed by atoms with Crippen LogP contribution in [0.25, 0.3) is 0 Å². The van der Waals surface area contributed by atoms with E-state index in [1.165, 1.54) is 12.1 Å². The lowest BCUT2D eigenvalue weighted by atomic mass is 10.2. The zero-order chi connectivity index (χ0) is 16.6. The highest BCUT2D eigenvalue weighted by Gasteiger charge is 2.22. The average Bonchev–Trinajstić information content (AvgIpc) is 2.53. The molecule has 0 saturated carbocycles. The Balaban J connectivity index is 1.86. The first kappa shape index (κ1) is 15.7. The van der Waals surface area contributed by atoms with Crippen molar-refractivity contribution in [3.63, 3.8) is 0 Å². The van der Waals surface area contributed by atoms with Crippen molar-refractivity contribution in [2.75, 3.05) is 13.2 Å². The molecule has 2 aromatic rings. The number of hydrogen-bond acceptors (Lipinski definition) is 3. The molecular formula is C15H9ClF4O3. The standard InChI is InChI=1S/C15H9ClF4O3/c16-8-3-7(4-11-14(8)22-2-1-21-11)6-23-15-12(19)9(17)5-10(18)13(15)20/h3-5H,1-2,6H2. The molecule has 0 unspecified atom stereocenters. The minimum Gasteiger partial charge on any atom is -0.486 e. The molecule has 3 rings (SSSR count). The Morgan fingerprint density at radius 1 is 0.957 bits per heavy atom. The predicted octanol–water partition coefficient (Wildman–Crippen LogP) is 4.25. The fraction of sp³-hybridized carbons (Fsp3) is 0.200. The average molecular weight is 349 g/mol. The van der Waals surface area contributed by atoms with E-state index in [0.29, 0.717) is 30.3 Å². The highest BCUT2D eigenvalue weighted by Crippen LogP contribution is 2.38. The third kappa shape index (κ3) is 3.01. The second-order valence-corrected chi connectivity index (χ2v) is 5.10. The van der Waals surface area contributed by atoms with Crippen LogP contribution in [0.2, 0.25) is 5.02 Å². The number of halogens is 5. The van der Waals surface area contributed by atoms with E-state index in [4.69, 9.17) is 25.8 Å². The molecule has 0 radical (unpaired) electrons. The summed E-state index contributed by atoms with van der Waals surface area (Å²) in [6.07, 6.45) is 0. The predicted molar refractivity (Wildman–Crippen MR) is 73.0 cm³/mol. The molecule has 0 aliphatic carbocycles. The van der Waals surface area contributed by atoms with E-state index in [-0.39, 0.29) is 17.7 Å². The molecule has 8 heteroatoms. The highest BCUT2D eigenvalue weighted by molar-refractivity contribution is 6.32. The van der Waals surface area contributed by atoms with E-state index >= 15 is 0 Å². The zero-order valence-electron chi connectivity index (χ0n) is 11.5. The summed E-state index contributed by atoms with van der Waals surface area (Å²) in [5.74, 6) is -6.71. The lowest BCUT2D eigenvalue weighted by Gasteiger charge is -2.20. The van der Waals surface area contributed by atoms with E-state index in [2.05, 4.69) is 0 Å². The first-order chi connectivity index (χ1) is 11.0. The normalized spacial score (nSPS) is 13.1. The molecule has 0 fully saturated rings. The molecule has 2 aromatic carbocycles. The summed E-state index contributed by atoms with van der Waals surface area (Å²) < 4.78 is 68.8. The monoisotopic (exact) mass is 348 g/mol. The van der Waals surface area contributed by atoms with Gasteiger partial charge in [0.1, 0.15) is 19.8 Å². The quantitative estimate of drug-likeness (QED) is 0.613. The molecule has 1 heterocycles. The second kappa shape index (κ2) is 6.16. The van der Waals surface area contributed by atoms with Crippen molar-refractivity contribution in [1.29, 1.82) is 0 Å². The van der Waals surface area contributed by atoms with Crippen LogP contribution < -0.4 is 14.2 Å². The topological polar surface area (TPSA) is 27.7 Å². The lowest BCUT2D eigenvalue weighted by Crippen LogP contribution is -2.16. The molecule has 3 nitrogen and oxygen atoms in total. The number of fused-ring (bicyclic) bond motifs is 1. The molecule has 122 valence electrons. The first-order valence-corrected chi connectivity index (χ1v) is 6.89. The highest BCUT2D eigenvalue weighted by atomic mass is 35.5. The number of ether oxygens (including phenoxy) is 3. The van der Waals surface area contributed by atoms with Gasteiger partial charge in [-0.2, -0.15) is 8.78 Å². The summed E-state index contributed by atoms with van der Waals surface area (Å²) in [6, 6.07) is 3.06. The van der Waals surface area contributed by atoms with Gasteiger partial charge in [-0.15, -0.1) is 0 Å². The van der Waals surface area contributed by atoms with Crippen molar-refractivity contribution in [3.05, 3.63) is 52.1 Å². The maximum Gasteiger partial charge on any atom is 0.203 e. The van der Waals surface area contributed by atoms with Crippen molar-refractivity contribution >= 4 is 11.6 Å². The van der Waals surface area contributed by atoms with Crippen molar-refractivity contribution in [2.45, 2.75) is 6.61 Å². The Kier molecular flexibility index (Phi) is 4.21. The van der Waals surface area contributed by atoms with E-state index in [1.807, 2.05) is 0 Å². The summed E-state index contributed by atoms with van der Waals surface area (Å²) in [5, 5.41) is 0.229. The number of rotatable bonds is 3. The molecule has 0 aromatic heterocycles. The summed E-state index contributed by atoms with van der Waals surface area (Å²) in [7, 11) is 0. The molecule has 0 amide bonds. The zero-order valence-corrected chi connectivity index (χ0v) is 12.2. The second-order valence-electron chi connectivity index (χ2n) is 4.69. The van der Waals surface area contributed by atoms with Gasteiger partial charge in [-0.05, 0) is 17.7 Å². The molecule has 0 bridgehead atoms. The van der Waals surface area contributed by atoms with Gasteiger partial charge in [0.15, 0.2) is 28.9 Å². The first-order valence-electron chi connectivity index (χ1n) is 6.51. The van der Waals surface area contributed by atoms with Gasteiger partial charge >= 0.3 is 0 Å². The van der Waals surface area contributed by atoms with Gasteiger partial charge in [0.25, 0.3) is 0 Å². The summed E-state index contributed by atoms with van der Waals surface area (Å²) in [4.78, 5) is 0. The van der Waals surface area contributed by atoms with Crippen molar-refractivity contribution in [3.8, 4) is 17.2 Å². The van der Waals surface area contributed by atoms with Crippen LogP contribution in [0.5, 0.6) is 17.2 Å². The van der Waals surface area contributed by atoms with Gasteiger partial charge < -0.3 is 14.2 Å². The van der Waals surface area contributed by atoms with Crippen LogP contribution in [-0.2, 0) is 6.61 Å². The maximum atomic E-state index is 13.5. The summed E-state index contributed by atoms with van der Waals surface area (Å²) >= 11 is 6.01. The minimum atomic E-state index is -1.60. The minimum absolute atomic E-state index is 0.110. The van der Waals surface area contributed by atoms with E-state index in [9.17, 15) is 17.6 Å². The van der Waals surface area contributed by atoms with Crippen LogP contribution in [0.1, 0.15) is 5.56 Å². The van der Waals surface area contributed by atoms with Crippen LogP contribution in [-0.4, -0.2) is 13.2 Å². The Labute approximate surface area is 133 Å². The molecular weight excluding hydrogens is 340 g/mol. The molecule has 23 heavy (non-hydrogen) atoms. The Morgan fingerprint density at radius 2 is 1.61 bits per heavy atom. The molecule has 0 spiro atoms. The largest absolute Gasteiger partial charge is 0.486 e. The van der Waals surface area contributed by atoms with Gasteiger partial charge in [0.2, 0.25) is 11.6 Å². The molecule has 0 atom stereocenters. The Bertz CT molecular complexity index is 741. The Morgan fingerprint density at radius 3 is 2.30 bits per heavy atom. The van der Waals surface area contributed by atoms with E-state index < -0.39 is 29.0 Å². The van der Waals surface area contributed by atoms with Crippen LogP contribution in [0.15, 0.2) is 18.2 Å². The molecule has 1 aliphatic heterocycles. The SMILES string of the molecule is Fc1cc(F)c(F)c(OCc2cc(Cl)c3c(c2)OCCO3)c1F. The summed E-state index contributed by atoms with van der Waals surface area (Å²) in [5.41, 5.74) is 0.391. The van der Waals surface area contributed by atoms with Crippen LogP contribution in [0.4, 0.5) is 17.6 Å². The third-order valence-electron chi connectivity index (χ3n) is 3.11. The molecule has 0 N–H and O–H groups in total. The van der Waals surface area contributed by atoms with Gasteiger partial charge in [-0.1, -0.05) is 11.6 Å². The molecule has 0 saturated heterocycles. The van der Waals surface area contributed by atoms with E-state index in [0.717, 1.165) is 0 Å². The third-order valence-corrected chi connectivity index (χ3v) is 3.39. The van der Waals surface area contributed by atoms with Crippen LogP contribution in [0.3, 0.4) is 0 Å². The fourth-order valence-electron chi connectivity index (χ4n) is 2.08.